The first kappa shape index (κ1) is 21.0. The first-order valence-corrected chi connectivity index (χ1v) is 11.0. The van der Waals surface area contributed by atoms with Crippen LogP contribution in [-0.2, 0) is 10.8 Å². The Morgan fingerprint density at radius 3 is 2.88 bits per heavy atom. The van der Waals surface area contributed by atoms with Gasteiger partial charge in [-0.2, -0.15) is 0 Å². The van der Waals surface area contributed by atoms with E-state index in [9.17, 15) is 4.21 Å². The van der Waals surface area contributed by atoms with E-state index in [1.165, 1.54) is 0 Å². The Bertz CT molecular complexity index is 627. The summed E-state index contributed by atoms with van der Waals surface area (Å²) >= 11 is 6.13. The predicted molar refractivity (Wildman–Crippen MR) is 111 cm³/mol. The van der Waals surface area contributed by atoms with Crippen LogP contribution < -0.4 is 15.4 Å². The summed E-state index contributed by atoms with van der Waals surface area (Å²) in [4.78, 5) is 4.31. The number of hydrogen-bond acceptors (Lipinski definition) is 3. The molecule has 26 heavy (non-hydrogen) atoms. The summed E-state index contributed by atoms with van der Waals surface area (Å²) in [5.41, 5.74) is 0. The van der Waals surface area contributed by atoms with E-state index in [2.05, 4.69) is 15.6 Å². The summed E-state index contributed by atoms with van der Waals surface area (Å²) in [5.74, 6) is 2.18. The van der Waals surface area contributed by atoms with Crippen LogP contribution in [0, 0.1) is 0 Å². The number of guanidine groups is 1. The zero-order valence-corrected chi connectivity index (χ0v) is 17.4. The Balaban J connectivity index is 1.80. The van der Waals surface area contributed by atoms with Crippen LogP contribution in [0.25, 0.3) is 0 Å². The highest BCUT2D eigenvalue weighted by atomic mass is 35.5. The quantitative estimate of drug-likeness (QED) is 0.545. The van der Waals surface area contributed by atoms with Crippen LogP contribution in [0.2, 0.25) is 5.02 Å². The van der Waals surface area contributed by atoms with Gasteiger partial charge in [-0.05, 0) is 38.3 Å². The van der Waals surface area contributed by atoms with Crippen molar-refractivity contribution in [3.05, 3.63) is 29.3 Å². The van der Waals surface area contributed by atoms with Crippen LogP contribution in [0.4, 0.5) is 0 Å². The van der Waals surface area contributed by atoms with Gasteiger partial charge < -0.3 is 15.4 Å². The Hall–Kier alpha value is -1.27. The van der Waals surface area contributed by atoms with Crippen LogP contribution in [0.15, 0.2) is 29.3 Å². The molecule has 0 amide bonds. The van der Waals surface area contributed by atoms with Crippen molar-refractivity contribution in [2.24, 2.45) is 4.99 Å². The van der Waals surface area contributed by atoms with E-state index < -0.39 is 10.8 Å². The predicted octanol–water partition coefficient (Wildman–Crippen LogP) is 3.35. The molecule has 5 nitrogen and oxygen atoms in total. The fraction of sp³-hybridized carbons (Fsp3) is 0.632. The van der Waals surface area contributed by atoms with Gasteiger partial charge in [0.1, 0.15) is 11.9 Å². The number of aliphatic imine (C=N–C) groups is 1. The van der Waals surface area contributed by atoms with Crippen LogP contribution >= 0.6 is 11.6 Å². The number of para-hydroxylation sites is 1. The number of rotatable bonds is 7. The normalized spacial score (nSPS) is 23.2. The SMILES string of the molecule is CCS(=O)C1CCCC(NC(=NC)NCC(C)Oc2ccccc2Cl)C1. The lowest BCUT2D eigenvalue weighted by atomic mass is 9.95. The molecule has 1 aromatic carbocycles. The Morgan fingerprint density at radius 2 is 2.19 bits per heavy atom. The number of nitrogens with zero attached hydrogens (tertiary/aromatic N) is 1. The Labute approximate surface area is 164 Å². The second-order valence-electron chi connectivity index (χ2n) is 6.61. The summed E-state index contributed by atoms with van der Waals surface area (Å²) < 4.78 is 18.0. The lowest BCUT2D eigenvalue weighted by molar-refractivity contribution is 0.223. The molecule has 7 heteroatoms. The molecule has 0 saturated heterocycles. The molecule has 1 aromatic rings. The van der Waals surface area contributed by atoms with Crippen molar-refractivity contribution in [3.8, 4) is 5.75 Å². The second-order valence-corrected chi connectivity index (χ2v) is 9.02. The molecule has 0 spiro atoms. The number of halogens is 1. The van der Waals surface area contributed by atoms with Crippen LogP contribution in [0.1, 0.15) is 39.5 Å². The molecule has 0 aliphatic heterocycles. The average molecular weight is 400 g/mol. The number of nitrogens with one attached hydrogen (secondary N) is 2. The standard InChI is InChI=1S/C19H30ClN3O2S/c1-4-26(24)16-9-7-8-15(12-16)23-19(21-3)22-13-14(2)25-18-11-6-5-10-17(18)20/h5-6,10-11,14-16H,4,7-9,12-13H2,1-3H3,(H2,21,22,23). The number of benzene rings is 1. The summed E-state index contributed by atoms with van der Waals surface area (Å²) in [6.07, 6.45) is 4.14. The van der Waals surface area contributed by atoms with Gasteiger partial charge in [-0.15, -0.1) is 0 Å². The third kappa shape index (κ3) is 6.47. The van der Waals surface area contributed by atoms with Crippen molar-refractivity contribution in [1.82, 2.24) is 10.6 Å². The van der Waals surface area contributed by atoms with Gasteiger partial charge in [0.05, 0.1) is 11.6 Å². The van der Waals surface area contributed by atoms with Gasteiger partial charge in [-0.1, -0.05) is 37.1 Å². The van der Waals surface area contributed by atoms with E-state index in [0.29, 0.717) is 28.6 Å². The fourth-order valence-electron chi connectivity index (χ4n) is 3.18. The average Bonchev–Trinajstić information content (AvgIpc) is 2.66. The monoisotopic (exact) mass is 399 g/mol. The van der Waals surface area contributed by atoms with E-state index in [4.69, 9.17) is 16.3 Å². The smallest absolute Gasteiger partial charge is 0.191 e. The highest BCUT2D eigenvalue weighted by Gasteiger charge is 2.26. The molecule has 0 aromatic heterocycles. The third-order valence-corrected chi connectivity index (χ3v) is 6.62. The molecule has 146 valence electrons. The molecule has 2 N–H and O–H groups in total. The number of hydrogen-bond donors (Lipinski definition) is 2. The van der Waals surface area contributed by atoms with Gasteiger partial charge in [-0.25, -0.2) is 0 Å². The maximum Gasteiger partial charge on any atom is 0.191 e. The zero-order valence-electron chi connectivity index (χ0n) is 15.8. The molecule has 1 aliphatic carbocycles. The molecule has 4 atom stereocenters. The van der Waals surface area contributed by atoms with Crippen molar-refractivity contribution in [2.45, 2.75) is 56.9 Å². The first-order chi connectivity index (χ1) is 12.5. The molecule has 0 radical (unpaired) electrons. The van der Waals surface area contributed by atoms with E-state index in [1.807, 2.05) is 38.1 Å². The maximum atomic E-state index is 12.1. The molecular weight excluding hydrogens is 370 g/mol. The van der Waals surface area contributed by atoms with Crippen molar-refractivity contribution >= 4 is 28.4 Å². The van der Waals surface area contributed by atoms with Gasteiger partial charge in [0.15, 0.2) is 5.96 Å². The van der Waals surface area contributed by atoms with E-state index in [-0.39, 0.29) is 6.10 Å². The fourth-order valence-corrected chi connectivity index (χ4v) is 4.71. The summed E-state index contributed by atoms with van der Waals surface area (Å²) in [7, 11) is 1.04. The summed E-state index contributed by atoms with van der Waals surface area (Å²) in [6.45, 7) is 4.60. The zero-order chi connectivity index (χ0) is 18.9. The van der Waals surface area contributed by atoms with Gasteiger partial charge >= 0.3 is 0 Å². The summed E-state index contributed by atoms with van der Waals surface area (Å²) in [6, 6.07) is 7.78. The van der Waals surface area contributed by atoms with Gasteiger partial charge in [0, 0.05) is 34.9 Å². The third-order valence-electron chi connectivity index (χ3n) is 4.57. The Kier molecular flexibility index (Phi) is 8.72. The minimum Gasteiger partial charge on any atom is -0.487 e. The maximum absolute atomic E-state index is 12.1. The van der Waals surface area contributed by atoms with E-state index in [1.54, 1.807) is 7.05 Å². The van der Waals surface area contributed by atoms with Crippen LogP contribution in [-0.4, -0.2) is 46.9 Å². The molecule has 1 saturated carbocycles. The molecule has 2 rings (SSSR count). The lowest BCUT2D eigenvalue weighted by Crippen LogP contribution is -2.48. The lowest BCUT2D eigenvalue weighted by Gasteiger charge is -2.30. The molecule has 0 bridgehead atoms. The van der Waals surface area contributed by atoms with E-state index in [0.717, 1.165) is 37.4 Å². The van der Waals surface area contributed by atoms with Crippen molar-refractivity contribution in [2.75, 3.05) is 19.3 Å². The van der Waals surface area contributed by atoms with Gasteiger partial charge in [0.2, 0.25) is 0 Å². The van der Waals surface area contributed by atoms with Crippen molar-refractivity contribution in [1.29, 1.82) is 0 Å². The van der Waals surface area contributed by atoms with Gasteiger partial charge in [0.25, 0.3) is 0 Å². The molecule has 1 fully saturated rings. The second kappa shape index (κ2) is 10.8. The van der Waals surface area contributed by atoms with Crippen LogP contribution in [0.3, 0.4) is 0 Å². The highest BCUT2D eigenvalue weighted by Crippen LogP contribution is 2.24. The van der Waals surface area contributed by atoms with Crippen LogP contribution in [0.5, 0.6) is 5.75 Å². The largest absolute Gasteiger partial charge is 0.487 e. The molecule has 1 aliphatic rings. The van der Waals surface area contributed by atoms with Crippen molar-refractivity contribution < 1.29 is 8.95 Å². The highest BCUT2D eigenvalue weighted by molar-refractivity contribution is 7.85. The first-order valence-electron chi connectivity index (χ1n) is 9.29. The molecule has 0 heterocycles. The minimum absolute atomic E-state index is 0.0554. The number of ether oxygens (including phenoxy) is 1. The summed E-state index contributed by atoms with van der Waals surface area (Å²) in [5, 5.41) is 7.69. The minimum atomic E-state index is -0.720. The molecular formula is C19H30ClN3O2S. The van der Waals surface area contributed by atoms with E-state index >= 15 is 0 Å². The Morgan fingerprint density at radius 1 is 1.42 bits per heavy atom. The molecule has 4 unspecified atom stereocenters. The van der Waals surface area contributed by atoms with Crippen molar-refractivity contribution in [3.63, 3.8) is 0 Å². The topological polar surface area (TPSA) is 62.7 Å². The van der Waals surface area contributed by atoms with Gasteiger partial charge in [-0.3, -0.25) is 9.20 Å².